The van der Waals surface area contributed by atoms with Crippen molar-refractivity contribution >= 4 is 12.0 Å². The molecule has 0 saturated heterocycles. The highest BCUT2D eigenvalue weighted by Gasteiger charge is 2.15. The van der Waals surface area contributed by atoms with Gasteiger partial charge in [0.2, 0.25) is 5.91 Å². The van der Waals surface area contributed by atoms with Crippen LogP contribution in [0.15, 0.2) is 48.5 Å². The van der Waals surface area contributed by atoms with Gasteiger partial charge in [-0.2, -0.15) is 0 Å². The van der Waals surface area contributed by atoms with Crippen molar-refractivity contribution in [1.29, 1.82) is 0 Å². The summed E-state index contributed by atoms with van der Waals surface area (Å²) in [6.07, 6.45) is 4.37. The first-order valence-electron chi connectivity index (χ1n) is 7.93. The predicted octanol–water partition coefficient (Wildman–Crippen LogP) is 3.82. The lowest BCUT2D eigenvalue weighted by Crippen LogP contribution is -2.24. The minimum Gasteiger partial charge on any atom is -0.493 e. The standard InChI is InChI=1S/C20H21NO2/c1-14-4-3-5-16(12-14)6-9-20(22)21-15(2)17-7-8-19-18(13-17)10-11-23-19/h3-9,12-13,15H,10-11H2,1-2H3,(H,21,22)/b9-6+. The fourth-order valence-electron chi connectivity index (χ4n) is 2.77. The molecule has 1 unspecified atom stereocenters. The Morgan fingerprint density at radius 3 is 2.96 bits per heavy atom. The largest absolute Gasteiger partial charge is 0.493 e. The fraction of sp³-hybridized carbons (Fsp3) is 0.250. The minimum absolute atomic E-state index is 0.0319. The van der Waals surface area contributed by atoms with Crippen LogP contribution in [-0.2, 0) is 11.2 Å². The van der Waals surface area contributed by atoms with E-state index in [0.717, 1.165) is 29.9 Å². The molecule has 0 saturated carbocycles. The quantitative estimate of drug-likeness (QED) is 0.872. The molecule has 2 aromatic carbocycles. The molecule has 1 atom stereocenters. The summed E-state index contributed by atoms with van der Waals surface area (Å²) < 4.78 is 5.51. The monoisotopic (exact) mass is 307 g/mol. The average molecular weight is 307 g/mol. The van der Waals surface area contributed by atoms with Crippen LogP contribution in [0.3, 0.4) is 0 Å². The van der Waals surface area contributed by atoms with E-state index >= 15 is 0 Å². The second-order valence-electron chi connectivity index (χ2n) is 5.94. The molecule has 0 bridgehead atoms. The van der Waals surface area contributed by atoms with Gasteiger partial charge in [0, 0.05) is 12.5 Å². The Hall–Kier alpha value is -2.55. The Morgan fingerprint density at radius 1 is 1.26 bits per heavy atom. The zero-order chi connectivity index (χ0) is 16.2. The summed E-state index contributed by atoms with van der Waals surface area (Å²) in [7, 11) is 0. The van der Waals surface area contributed by atoms with Crippen molar-refractivity contribution in [1.82, 2.24) is 5.32 Å². The highest BCUT2D eigenvalue weighted by molar-refractivity contribution is 5.92. The third-order valence-corrected chi connectivity index (χ3v) is 4.04. The number of nitrogens with one attached hydrogen (secondary N) is 1. The number of carbonyl (C=O) groups is 1. The van der Waals surface area contributed by atoms with E-state index in [1.165, 1.54) is 11.1 Å². The second kappa shape index (κ2) is 6.69. The first-order valence-corrected chi connectivity index (χ1v) is 7.93. The Balaban J connectivity index is 1.63. The summed E-state index contributed by atoms with van der Waals surface area (Å²) in [5, 5.41) is 3.01. The van der Waals surface area contributed by atoms with Crippen LogP contribution in [0.25, 0.3) is 6.08 Å². The SMILES string of the molecule is Cc1cccc(/C=C/C(=O)NC(C)c2ccc3c(c2)CCO3)c1. The van der Waals surface area contributed by atoms with E-state index in [4.69, 9.17) is 4.74 Å². The summed E-state index contributed by atoms with van der Waals surface area (Å²) in [6, 6.07) is 14.2. The Bertz CT molecular complexity index is 749. The lowest BCUT2D eigenvalue weighted by atomic mass is 10.0. The number of hydrogen-bond donors (Lipinski definition) is 1. The average Bonchev–Trinajstić information content (AvgIpc) is 3.00. The number of benzene rings is 2. The first kappa shape index (κ1) is 15.3. The van der Waals surface area contributed by atoms with Gasteiger partial charge in [0.05, 0.1) is 12.6 Å². The van der Waals surface area contributed by atoms with E-state index in [1.807, 2.05) is 56.3 Å². The van der Waals surface area contributed by atoms with Crippen LogP contribution in [0.1, 0.15) is 35.2 Å². The number of fused-ring (bicyclic) bond motifs is 1. The van der Waals surface area contributed by atoms with Crippen molar-refractivity contribution < 1.29 is 9.53 Å². The van der Waals surface area contributed by atoms with E-state index in [9.17, 15) is 4.79 Å². The molecular weight excluding hydrogens is 286 g/mol. The molecule has 1 heterocycles. The summed E-state index contributed by atoms with van der Waals surface area (Å²) in [6.45, 7) is 4.78. The van der Waals surface area contributed by atoms with Gasteiger partial charge in [-0.15, -0.1) is 0 Å². The summed E-state index contributed by atoms with van der Waals surface area (Å²) in [5.74, 6) is 0.877. The minimum atomic E-state index is -0.0873. The molecule has 0 spiro atoms. The van der Waals surface area contributed by atoms with E-state index < -0.39 is 0 Å². The molecule has 3 rings (SSSR count). The zero-order valence-corrected chi connectivity index (χ0v) is 13.5. The third kappa shape index (κ3) is 3.81. The van der Waals surface area contributed by atoms with E-state index in [2.05, 4.69) is 11.4 Å². The van der Waals surface area contributed by atoms with E-state index in [-0.39, 0.29) is 11.9 Å². The summed E-state index contributed by atoms with van der Waals surface area (Å²) >= 11 is 0. The van der Waals surface area contributed by atoms with Crippen molar-refractivity contribution in [2.75, 3.05) is 6.61 Å². The fourth-order valence-corrected chi connectivity index (χ4v) is 2.77. The molecule has 1 amide bonds. The number of aryl methyl sites for hydroxylation is 1. The number of carbonyl (C=O) groups excluding carboxylic acids is 1. The van der Waals surface area contributed by atoms with Crippen LogP contribution in [0.5, 0.6) is 5.75 Å². The number of hydrogen-bond acceptors (Lipinski definition) is 2. The summed E-state index contributed by atoms with van der Waals surface area (Å²) in [5.41, 5.74) is 4.54. The molecule has 23 heavy (non-hydrogen) atoms. The number of amides is 1. The Kier molecular flexibility index (Phi) is 4.47. The highest BCUT2D eigenvalue weighted by atomic mass is 16.5. The predicted molar refractivity (Wildman–Crippen MR) is 92.4 cm³/mol. The van der Waals surface area contributed by atoms with E-state index in [1.54, 1.807) is 6.08 Å². The molecule has 1 aliphatic rings. The van der Waals surface area contributed by atoms with Crippen LogP contribution in [-0.4, -0.2) is 12.5 Å². The third-order valence-electron chi connectivity index (χ3n) is 4.04. The van der Waals surface area contributed by atoms with Crippen molar-refractivity contribution in [3.63, 3.8) is 0 Å². The van der Waals surface area contributed by atoms with Crippen LogP contribution in [0.2, 0.25) is 0 Å². The maximum Gasteiger partial charge on any atom is 0.244 e. The first-order chi connectivity index (χ1) is 11.1. The molecule has 118 valence electrons. The van der Waals surface area contributed by atoms with Gasteiger partial charge in [0.1, 0.15) is 5.75 Å². The smallest absolute Gasteiger partial charge is 0.244 e. The molecular formula is C20H21NO2. The van der Waals surface area contributed by atoms with Gasteiger partial charge in [-0.1, -0.05) is 35.9 Å². The molecule has 3 nitrogen and oxygen atoms in total. The van der Waals surface area contributed by atoms with Crippen molar-refractivity contribution in [2.24, 2.45) is 0 Å². The van der Waals surface area contributed by atoms with Crippen molar-refractivity contribution in [3.05, 3.63) is 70.8 Å². The zero-order valence-electron chi connectivity index (χ0n) is 13.5. The highest BCUT2D eigenvalue weighted by Crippen LogP contribution is 2.28. The van der Waals surface area contributed by atoms with Gasteiger partial charge in [-0.3, -0.25) is 4.79 Å². The maximum absolute atomic E-state index is 12.1. The molecule has 0 radical (unpaired) electrons. The van der Waals surface area contributed by atoms with Crippen molar-refractivity contribution in [2.45, 2.75) is 26.3 Å². The van der Waals surface area contributed by atoms with Gasteiger partial charge in [-0.05, 0) is 48.7 Å². The molecule has 0 fully saturated rings. The number of rotatable bonds is 4. The van der Waals surface area contributed by atoms with E-state index in [0.29, 0.717) is 0 Å². The maximum atomic E-state index is 12.1. The molecule has 0 aliphatic carbocycles. The molecule has 1 N–H and O–H groups in total. The van der Waals surface area contributed by atoms with Crippen molar-refractivity contribution in [3.8, 4) is 5.75 Å². The van der Waals surface area contributed by atoms with Crippen LogP contribution in [0.4, 0.5) is 0 Å². The topological polar surface area (TPSA) is 38.3 Å². The normalized spacial score (nSPS) is 14.3. The lowest BCUT2D eigenvalue weighted by Gasteiger charge is -2.14. The number of ether oxygens (including phenoxy) is 1. The molecule has 2 aromatic rings. The van der Waals surface area contributed by atoms with Crippen LogP contribution < -0.4 is 10.1 Å². The molecule has 0 aromatic heterocycles. The van der Waals surface area contributed by atoms with Gasteiger partial charge in [0.25, 0.3) is 0 Å². The second-order valence-corrected chi connectivity index (χ2v) is 5.94. The Morgan fingerprint density at radius 2 is 2.13 bits per heavy atom. The molecule has 1 aliphatic heterocycles. The lowest BCUT2D eigenvalue weighted by molar-refractivity contribution is -0.117. The van der Waals surface area contributed by atoms with Gasteiger partial charge >= 0.3 is 0 Å². The van der Waals surface area contributed by atoms with Gasteiger partial charge < -0.3 is 10.1 Å². The van der Waals surface area contributed by atoms with Gasteiger partial charge in [-0.25, -0.2) is 0 Å². The Labute approximate surface area is 137 Å². The van der Waals surface area contributed by atoms with Gasteiger partial charge in [0.15, 0.2) is 0 Å². The van der Waals surface area contributed by atoms with Crippen LogP contribution in [0, 0.1) is 6.92 Å². The molecule has 3 heteroatoms. The van der Waals surface area contributed by atoms with Crippen LogP contribution >= 0.6 is 0 Å². The summed E-state index contributed by atoms with van der Waals surface area (Å²) in [4.78, 5) is 12.1.